The highest BCUT2D eigenvalue weighted by Crippen LogP contribution is 2.04. The summed E-state index contributed by atoms with van der Waals surface area (Å²) in [5.41, 5.74) is 1.08. The quantitative estimate of drug-likeness (QED) is 0.554. The summed E-state index contributed by atoms with van der Waals surface area (Å²) in [5, 5.41) is 0. The molecule has 1 unspecified atom stereocenters. The van der Waals surface area contributed by atoms with Crippen molar-refractivity contribution >= 4 is 11.3 Å². The van der Waals surface area contributed by atoms with Gasteiger partial charge in [-0.2, -0.15) is 0 Å². The van der Waals surface area contributed by atoms with Crippen LogP contribution in [0.25, 0.3) is 0 Å². The summed E-state index contributed by atoms with van der Waals surface area (Å²) in [4.78, 5) is 0. The molecule has 0 heterocycles. The van der Waals surface area contributed by atoms with Crippen LogP contribution in [0.1, 0.15) is 12.0 Å². The van der Waals surface area contributed by atoms with Crippen molar-refractivity contribution in [3.8, 4) is 0 Å². The van der Waals surface area contributed by atoms with Gasteiger partial charge in [0.2, 0.25) is 0 Å². The van der Waals surface area contributed by atoms with E-state index in [2.05, 4.69) is 0 Å². The van der Waals surface area contributed by atoms with Gasteiger partial charge in [-0.1, -0.05) is 34.9 Å². The van der Waals surface area contributed by atoms with E-state index in [0.29, 0.717) is 12.8 Å². The predicted octanol–water partition coefficient (Wildman–Crippen LogP) is 1.60. The summed E-state index contributed by atoms with van der Waals surface area (Å²) in [6.45, 7) is -0.0923. The third-order valence-electron chi connectivity index (χ3n) is 1.80. The molecule has 0 spiro atoms. The first-order chi connectivity index (χ1) is 6.70. The molecular formula is C9H11FNO2S-. The lowest BCUT2D eigenvalue weighted by Crippen LogP contribution is -2.17. The molecule has 0 N–H and O–H groups in total. The van der Waals surface area contributed by atoms with Crippen molar-refractivity contribution in [2.75, 3.05) is 6.54 Å². The van der Waals surface area contributed by atoms with Gasteiger partial charge < -0.3 is 4.55 Å². The number of aryl methyl sites for hydroxylation is 1. The summed E-state index contributed by atoms with van der Waals surface area (Å²) < 4.78 is 32.4. The molecule has 0 saturated carbocycles. The minimum atomic E-state index is -2.75. The molecular weight excluding hydrogens is 205 g/mol. The maximum atomic E-state index is 12.4. The van der Waals surface area contributed by atoms with Crippen LogP contribution in [-0.2, 0) is 17.7 Å². The molecule has 1 atom stereocenters. The molecule has 5 heteroatoms. The predicted molar refractivity (Wildman–Crippen MR) is 51.5 cm³/mol. The molecule has 1 aromatic carbocycles. The Kier molecular flexibility index (Phi) is 4.72. The van der Waals surface area contributed by atoms with Gasteiger partial charge in [0.25, 0.3) is 0 Å². The molecule has 0 aliphatic heterocycles. The van der Waals surface area contributed by atoms with Crippen LogP contribution in [0.15, 0.2) is 30.3 Å². The van der Waals surface area contributed by atoms with Crippen molar-refractivity contribution in [3.63, 3.8) is 0 Å². The van der Waals surface area contributed by atoms with Crippen molar-refractivity contribution in [3.05, 3.63) is 35.9 Å². The lowest BCUT2D eigenvalue weighted by molar-refractivity contribution is 0.132. The Hall–Kier alpha value is -0.780. The molecule has 14 heavy (non-hydrogen) atoms. The second-order valence-corrected chi connectivity index (χ2v) is 3.68. The van der Waals surface area contributed by atoms with Crippen molar-refractivity contribution in [2.45, 2.75) is 12.8 Å². The highest BCUT2D eigenvalue weighted by molar-refractivity contribution is 7.76. The fraction of sp³-hybridized carbons (Fsp3) is 0.333. The van der Waals surface area contributed by atoms with E-state index in [4.69, 9.17) is 0 Å². The Morgan fingerprint density at radius 3 is 2.57 bits per heavy atom. The van der Waals surface area contributed by atoms with Gasteiger partial charge in [-0.25, -0.2) is 0 Å². The average molecular weight is 216 g/mol. The lowest BCUT2D eigenvalue weighted by atomic mass is 10.1. The van der Waals surface area contributed by atoms with Crippen LogP contribution >= 0.6 is 0 Å². The highest BCUT2D eigenvalue weighted by atomic mass is 32.2. The van der Waals surface area contributed by atoms with Gasteiger partial charge in [0, 0.05) is 6.54 Å². The maximum absolute atomic E-state index is 12.4. The van der Waals surface area contributed by atoms with Gasteiger partial charge in [-0.05, 0) is 18.4 Å². The van der Waals surface area contributed by atoms with Gasteiger partial charge >= 0.3 is 0 Å². The van der Waals surface area contributed by atoms with Gasteiger partial charge in [-0.3, -0.25) is 4.21 Å². The topological polar surface area (TPSA) is 43.4 Å². The Balaban J connectivity index is 2.26. The molecule has 1 rings (SSSR count). The van der Waals surface area contributed by atoms with Gasteiger partial charge in [0.1, 0.15) is 0 Å². The standard InChI is InChI=1S/C9H12FNO2S/c10-11(14(12)13)8-4-7-9-5-2-1-3-6-9/h1-3,5-6H,4,7-8H2,(H,12,13)/p-1. The third kappa shape index (κ3) is 3.95. The fourth-order valence-corrected chi connectivity index (χ4v) is 1.40. The maximum Gasteiger partial charge on any atom is 0.0503 e. The zero-order valence-corrected chi connectivity index (χ0v) is 8.37. The van der Waals surface area contributed by atoms with E-state index >= 15 is 0 Å². The number of hydrogen-bond acceptors (Lipinski definition) is 2. The van der Waals surface area contributed by atoms with Gasteiger partial charge in [-0.15, -0.1) is 4.48 Å². The number of nitrogens with zero attached hydrogens (tertiary/aromatic N) is 1. The number of benzene rings is 1. The number of hydrogen-bond donors (Lipinski definition) is 0. The Morgan fingerprint density at radius 1 is 1.36 bits per heavy atom. The van der Waals surface area contributed by atoms with Crippen LogP contribution in [0.4, 0.5) is 4.48 Å². The van der Waals surface area contributed by atoms with Crippen LogP contribution in [0.2, 0.25) is 0 Å². The second-order valence-electron chi connectivity index (χ2n) is 2.85. The molecule has 0 aliphatic rings. The van der Waals surface area contributed by atoms with Crippen LogP contribution < -0.4 is 0 Å². The zero-order valence-electron chi connectivity index (χ0n) is 7.56. The number of halogens is 1. The summed E-state index contributed by atoms with van der Waals surface area (Å²) in [6.07, 6.45) is 1.16. The Bertz CT molecular complexity index is 294. The number of rotatable bonds is 5. The molecule has 0 aliphatic carbocycles. The molecule has 0 aromatic heterocycles. The van der Waals surface area contributed by atoms with Crippen LogP contribution in [0.5, 0.6) is 0 Å². The zero-order chi connectivity index (χ0) is 10.4. The first-order valence-electron chi connectivity index (χ1n) is 4.27. The van der Waals surface area contributed by atoms with E-state index in [1.54, 1.807) is 0 Å². The van der Waals surface area contributed by atoms with Crippen LogP contribution in [0.3, 0.4) is 0 Å². The molecule has 78 valence electrons. The largest absolute Gasteiger partial charge is 0.758 e. The molecule has 0 bridgehead atoms. The van der Waals surface area contributed by atoms with Crippen LogP contribution in [-0.4, -0.2) is 19.8 Å². The minimum absolute atomic E-state index is 0.0923. The highest BCUT2D eigenvalue weighted by Gasteiger charge is 2.01. The average Bonchev–Trinajstić information content (AvgIpc) is 2.19. The molecule has 3 nitrogen and oxygen atoms in total. The fourth-order valence-electron chi connectivity index (χ4n) is 1.13. The van der Waals surface area contributed by atoms with E-state index in [-0.39, 0.29) is 11.1 Å². The molecule has 0 saturated heterocycles. The van der Waals surface area contributed by atoms with Crippen molar-refractivity contribution < 1.29 is 13.2 Å². The van der Waals surface area contributed by atoms with Crippen molar-refractivity contribution in [2.24, 2.45) is 0 Å². The van der Waals surface area contributed by atoms with E-state index in [1.165, 1.54) is 0 Å². The summed E-state index contributed by atoms with van der Waals surface area (Å²) in [7, 11) is 0. The third-order valence-corrected chi connectivity index (χ3v) is 2.31. The van der Waals surface area contributed by atoms with E-state index in [9.17, 15) is 13.2 Å². The first kappa shape index (κ1) is 11.3. The van der Waals surface area contributed by atoms with Gasteiger partial charge in [0.15, 0.2) is 0 Å². The van der Waals surface area contributed by atoms with E-state index in [1.807, 2.05) is 30.3 Å². The monoisotopic (exact) mass is 216 g/mol. The summed E-state index contributed by atoms with van der Waals surface area (Å²) in [6, 6.07) is 9.55. The van der Waals surface area contributed by atoms with Crippen LogP contribution in [0, 0.1) is 0 Å². The van der Waals surface area contributed by atoms with Crippen molar-refractivity contribution in [1.29, 1.82) is 0 Å². The molecule has 0 radical (unpaired) electrons. The summed E-state index contributed by atoms with van der Waals surface area (Å²) >= 11 is -2.75. The summed E-state index contributed by atoms with van der Waals surface area (Å²) in [5.74, 6) is 0. The Labute approximate surface area is 84.9 Å². The normalized spacial score (nSPS) is 13.1. The first-order valence-corrected chi connectivity index (χ1v) is 5.30. The van der Waals surface area contributed by atoms with E-state index < -0.39 is 11.3 Å². The molecule has 0 amide bonds. The second kappa shape index (κ2) is 5.85. The SMILES string of the molecule is O=S([O-])N(F)CCCc1ccccc1. The smallest absolute Gasteiger partial charge is 0.0503 e. The molecule has 0 fully saturated rings. The van der Waals surface area contributed by atoms with Gasteiger partial charge in [0.05, 0.1) is 11.3 Å². The lowest BCUT2D eigenvalue weighted by Gasteiger charge is -2.13. The Morgan fingerprint density at radius 2 is 2.00 bits per heavy atom. The molecule has 1 aromatic rings. The van der Waals surface area contributed by atoms with E-state index in [0.717, 1.165) is 5.56 Å². The van der Waals surface area contributed by atoms with Crippen molar-refractivity contribution in [1.82, 2.24) is 4.53 Å². The minimum Gasteiger partial charge on any atom is -0.758 e.